The van der Waals surface area contributed by atoms with Crippen molar-refractivity contribution in [1.82, 2.24) is 9.62 Å². The second-order valence-electron chi connectivity index (χ2n) is 4.46. The molecule has 0 amide bonds. The second-order valence-corrected chi connectivity index (χ2v) is 7.66. The van der Waals surface area contributed by atoms with E-state index in [1.54, 1.807) is 6.07 Å². The molecule has 2 rings (SSSR count). The highest BCUT2D eigenvalue weighted by atomic mass is 32.2. The second kappa shape index (κ2) is 4.97. The van der Waals surface area contributed by atoms with Gasteiger partial charge in [-0.15, -0.1) is 11.3 Å². The molecule has 1 aromatic heterocycles. The van der Waals surface area contributed by atoms with Crippen LogP contribution in [0.3, 0.4) is 0 Å². The summed E-state index contributed by atoms with van der Waals surface area (Å²) in [6.45, 7) is 4.96. The molecule has 0 saturated carbocycles. The van der Waals surface area contributed by atoms with Gasteiger partial charge in [-0.05, 0) is 26.0 Å². The lowest BCUT2D eigenvalue weighted by Gasteiger charge is -2.36. The van der Waals surface area contributed by atoms with Crippen molar-refractivity contribution in [3.63, 3.8) is 0 Å². The molecule has 2 unspecified atom stereocenters. The van der Waals surface area contributed by atoms with Gasteiger partial charge in [-0.3, -0.25) is 0 Å². The van der Waals surface area contributed by atoms with E-state index in [1.807, 2.05) is 19.9 Å². The van der Waals surface area contributed by atoms with Gasteiger partial charge in [0.25, 0.3) is 10.0 Å². The van der Waals surface area contributed by atoms with Crippen molar-refractivity contribution in [2.24, 2.45) is 0 Å². The lowest BCUT2D eigenvalue weighted by Crippen LogP contribution is -2.55. The standard InChI is InChI=1S/C11H15N3O2S2/c1-8-7-14(9(2)6-13-8)18(15,16)11-4-3-10(5-12)17-11/h3-4,8-9,13H,6-7H2,1-2H3. The van der Waals surface area contributed by atoms with Crippen LogP contribution in [0.5, 0.6) is 0 Å². The zero-order valence-corrected chi connectivity index (χ0v) is 11.9. The molecule has 1 aromatic rings. The monoisotopic (exact) mass is 285 g/mol. The minimum Gasteiger partial charge on any atom is -0.311 e. The normalized spacial score (nSPS) is 25.8. The van der Waals surface area contributed by atoms with Gasteiger partial charge in [0.05, 0.1) is 0 Å². The lowest BCUT2D eigenvalue weighted by atomic mass is 10.2. The molecule has 18 heavy (non-hydrogen) atoms. The van der Waals surface area contributed by atoms with Gasteiger partial charge in [-0.2, -0.15) is 9.57 Å². The third kappa shape index (κ3) is 2.42. The average molecular weight is 285 g/mol. The predicted molar refractivity (Wildman–Crippen MR) is 69.9 cm³/mol. The number of piperazine rings is 1. The zero-order chi connectivity index (χ0) is 13.3. The summed E-state index contributed by atoms with van der Waals surface area (Å²) in [5.74, 6) is 0. The van der Waals surface area contributed by atoms with Crippen molar-refractivity contribution in [3.8, 4) is 6.07 Å². The number of nitrogens with one attached hydrogen (secondary N) is 1. The Balaban J connectivity index is 2.33. The summed E-state index contributed by atoms with van der Waals surface area (Å²) in [6, 6.07) is 5.10. The van der Waals surface area contributed by atoms with E-state index >= 15 is 0 Å². The number of sulfonamides is 1. The van der Waals surface area contributed by atoms with Gasteiger partial charge in [0.1, 0.15) is 15.2 Å². The van der Waals surface area contributed by atoms with Crippen LogP contribution in [-0.2, 0) is 10.0 Å². The van der Waals surface area contributed by atoms with Gasteiger partial charge in [-0.1, -0.05) is 0 Å². The Morgan fingerprint density at radius 2 is 2.22 bits per heavy atom. The molecule has 0 spiro atoms. The van der Waals surface area contributed by atoms with E-state index in [-0.39, 0.29) is 16.3 Å². The Labute approximate surface area is 111 Å². The highest BCUT2D eigenvalue weighted by Gasteiger charge is 2.34. The topological polar surface area (TPSA) is 73.2 Å². The first-order valence-electron chi connectivity index (χ1n) is 5.70. The molecule has 7 heteroatoms. The fraction of sp³-hybridized carbons (Fsp3) is 0.545. The molecule has 0 aliphatic carbocycles. The Morgan fingerprint density at radius 3 is 2.83 bits per heavy atom. The smallest absolute Gasteiger partial charge is 0.252 e. The molecule has 5 nitrogen and oxygen atoms in total. The van der Waals surface area contributed by atoms with Gasteiger partial charge in [0, 0.05) is 25.2 Å². The Kier molecular flexibility index (Phi) is 3.73. The third-order valence-corrected chi connectivity index (χ3v) is 6.40. The SMILES string of the molecule is CC1CN(S(=O)(=O)c2ccc(C#N)s2)C(C)CN1. The van der Waals surface area contributed by atoms with E-state index < -0.39 is 10.0 Å². The summed E-state index contributed by atoms with van der Waals surface area (Å²) < 4.78 is 26.7. The largest absolute Gasteiger partial charge is 0.311 e. The van der Waals surface area contributed by atoms with E-state index in [0.29, 0.717) is 18.0 Å². The summed E-state index contributed by atoms with van der Waals surface area (Å²) in [4.78, 5) is 0.421. The maximum atomic E-state index is 12.5. The number of thiophene rings is 1. The van der Waals surface area contributed by atoms with Gasteiger partial charge < -0.3 is 5.32 Å². The van der Waals surface area contributed by atoms with Crippen molar-refractivity contribution in [3.05, 3.63) is 17.0 Å². The van der Waals surface area contributed by atoms with Gasteiger partial charge in [-0.25, -0.2) is 8.42 Å². The first-order chi connectivity index (χ1) is 8.45. The van der Waals surface area contributed by atoms with Crippen LogP contribution in [-0.4, -0.2) is 37.9 Å². The van der Waals surface area contributed by atoms with Crippen molar-refractivity contribution in [2.75, 3.05) is 13.1 Å². The molecule has 0 bridgehead atoms. The van der Waals surface area contributed by atoms with Gasteiger partial charge in [0.15, 0.2) is 0 Å². The first kappa shape index (κ1) is 13.5. The summed E-state index contributed by atoms with van der Waals surface area (Å²) in [7, 11) is -3.47. The Morgan fingerprint density at radius 1 is 1.50 bits per heavy atom. The molecule has 98 valence electrons. The fourth-order valence-corrected chi connectivity index (χ4v) is 4.91. The number of rotatable bonds is 2. The average Bonchev–Trinajstić information content (AvgIpc) is 2.81. The number of hydrogen-bond acceptors (Lipinski definition) is 5. The van der Waals surface area contributed by atoms with Gasteiger partial charge in [0.2, 0.25) is 0 Å². The summed E-state index contributed by atoms with van der Waals surface area (Å²) in [5, 5.41) is 12.0. The lowest BCUT2D eigenvalue weighted by molar-refractivity contribution is 0.245. The molecule has 2 atom stereocenters. The zero-order valence-electron chi connectivity index (χ0n) is 10.3. The molecule has 1 N–H and O–H groups in total. The molecule has 1 aliphatic heterocycles. The minimum atomic E-state index is -3.47. The molecule has 0 aromatic carbocycles. The molecular formula is C11H15N3O2S2. The van der Waals surface area contributed by atoms with Crippen LogP contribution in [0.25, 0.3) is 0 Å². The Hall–Kier alpha value is -0.940. The third-order valence-electron chi connectivity index (χ3n) is 2.96. The number of nitrogens with zero attached hydrogens (tertiary/aromatic N) is 2. The van der Waals surface area contributed by atoms with Crippen molar-refractivity contribution in [2.45, 2.75) is 30.1 Å². The van der Waals surface area contributed by atoms with Crippen molar-refractivity contribution >= 4 is 21.4 Å². The van der Waals surface area contributed by atoms with Crippen LogP contribution in [0, 0.1) is 11.3 Å². The molecule has 2 heterocycles. The van der Waals surface area contributed by atoms with E-state index in [0.717, 1.165) is 11.3 Å². The molecule has 1 fully saturated rings. The number of nitriles is 1. The highest BCUT2D eigenvalue weighted by Crippen LogP contribution is 2.26. The fourth-order valence-electron chi connectivity index (χ4n) is 1.96. The minimum absolute atomic E-state index is 0.0705. The van der Waals surface area contributed by atoms with Gasteiger partial charge >= 0.3 is 0 Å². The summed E-state index contributed by atoms with van der Waals surface area (Å²) >= 11 is 1.03. The van der Waals surface area contributed by atoms with E-state index in [9.17, 15) is 8.42 Å². The number of hydrogen-bond donors (Lipinski definition) is 1. The molecule has 1 saturated heterocycles. The predicted octanol–water partition coefficient (Wildman–Crippen LogP) is 0.991. The van der Waals surface area contributed by atoms with Crippen LogP contribution in [0.2, 0.25) is 0 Å². The van der Waals surface area contributed by atoms with Crippen LogP contribution < -0.4 is 5.32 Å². The van der Waals surface area contributed by atoms with Crippen LogP contribution in [0.15, 0.2) is 16.3 Å². The van der Waals surface area contributed by atoms with Crippen LogP contribution >= 0.6 is 11.3 Å². The van der Waals surface area contributed by atoms with Crippen LogP contribution in [0.4, 0.5) is 0 Å². The molecule has 1 aliphatic rings. The van der Waals surface area contributed by atoms with Crippen LogP contribution in [0.1, 0.15) is 18.7 Å². The molecular weight excluding hydrogens is 270 g/mol. The van der Waals surface area contributed by atoms with E-state index in [1.165, 1.54) is 10.4 Å². The van der Waals surface area contributed by atoms with Crippen molar-refractivity contribution in [1.29, 1.82) is 5.26 Å². The Bertz CT molecular complexity index is 573. The maximum absolute atomic E-state index is 12.5. The summed E-state index contributed by atoms with van der Waals surface area (Å²) in [6.07, 6.45) is 0. The van der Waals surface area contributed by atoms with E-state index in [2.05, 4.69) is 5.32 Å². The maximum Gasteiger partial charge on any atom is 0.252 e. The first-order valence-corrected chi connectivity index (χ1v) is 7.96. The van der Waals surface area contributed by atoms with Crippen molar-refractivity contribution < 1.29 is 8.42 Å². The quantitative estimate of drug-likeness (QED) is 0.879. The molecule has 0 radical (unpaired) electrons. The van der Waals surface area contributed by atoms with E-state index in [4.69, 9.17) is 5.26 Å². The summed E-state index contributed by atoms with van der Waals surface area (Å²) in [5.41, 5.74) is 0. The highest BCUT2D eigenvalue weighted by molar-refractivity contribution is 7.91.